The third-order valence-electron chi connectivity index (χ3n) is 4.41. The first-order chi connectivity index (χ1) is 13.5. The number of hydrogen-bond acceptors (Lipinski definition) is 6. The van der Waals surface area contributed by atoms with Gasteiger partial charge in [0.1, 0.15) is 30.3 Å². The van der Waals surface area contributed by atoms with Gasteiger partial charge < -0.3 is 23.5 Å². The highest BCUT2D eigenvalue weighted by Crippen LogP contribution is 2.31. The topological polar surface area (TPSA) is 78.2 Å². The van der Waals surface area contributed by atoms with Crippen molar-refractivity contribution in [2.75, 3.05) is 26.9 Å². The molecule has 0 fully saturated rings. The molecule has 0 radical (unpaired) electrons. The van der Waals surface area contributed by atoms with Crippen LogP contribution in [0.4, 0.5) is 0 Å². The zero-order valence-corrected chi connectivity index (χ0v) is 16.2. The number of methoxy groups -OCH3 is 1. The highest BCUT2D eigenvalue weighted by atomic mass is 16.6. The van der Waals surface area contributed by atoms with Gasteiger partial charge in [0.15, 0.2) is 11.5 Å². The summed E-state index contributed by atoms with van der Waals surface area (Å²) < 4.78 is 21.3. The van der Waals surface area contributed by atoms with E-state index in [1.54, 1.807) is 24.0 Å². The van der Waals surface area contributed by atoms with Gasteiger partial charge in [-0.25, -0.2) is 4.79 Å². The fourth-order valence-corrected chi connectivity index (χ4v) is 2.91. The molecule has 0 bridgehead atoms. The highest BCUT2D eigenvalue weighted by molar-refractivity contribution is 5.93. The molecular formula is C21H23NO6. The molecule has 2 aromatic rings. The fourth-order valence-electron chi connectivity index (χ4n) is 2.91. The minimum Gasteiger partial charge on any atom is -0.486 e. The lowest BCUT2D eigenvalue weighted by atomic mass is 10.1. The minimum absolute atomic E-state index is 0.161. The Morgan fingerprint density at radius 3 is 2.64 bits per heavy atom. The van der Waals surface area contributed by atoms with Crippen LogP contribution in [0.1, 0.15) is 34.4 Å². The van der Waals surface area contributed by atoms with Gasteiger partial charge in [-0.15, -0.1) is 0 Å². The number of amides is 1. The maximum absolute atomic E-state index is 12.6. The second-order valence-corrected chi connectivity index (χ2v) is 6.27. The average Bonchev–Trinajstić information content (AvgIpc) is 3.10. The monoisotopic (exact) mass is 385 g/mol. The Balaban J connectivity index is 1.68. The molecular weight excluding hydrogens is 362 g/mol. The normalized spacial score (nSPS) is 12.8. The van der Waals surface area contributed by atoms with E-state index in [2.05, 4.69) is 0 Å². The third kappa shape index (κ3) is 4.36. The van der Waals surface area contributed by atoms with Crippen LogP contribution in [0.2, 0.25) is 0 Å². The molecule has 0 saturated heterocycles. The Bertz CT molecular complexity index is 898. The number of aryl methyl sites for hydroxylation is 1. The number of nitrogens with zero attached hydrogens (tertiary/aromatic N) is 1. The number of furan rings is 1. The van der Waals surface area contributed by atoms with Crippen LogP contribution >= 0.6 is 0 Å². The number of benzene rings is 1. The minimum atomic E-state index is -0.471. The summed E-state index contributed by atoms with van der Waals surface area (Å²) in [5.41, 5.74) is 1.30. The zero-order chi connectivity index (χ0) is 20.1. The van der Waals surface area contributed by atoms with E-state index in [0.717, 1.165) is 11.3 Å². The van der Waals surface area contributed by atoms with Gasteiger partial charge in [-0.2, -0.15) is 0 Å². The van der Waals surface area contributed by atoms with Crippen LogP contribution in [-0.4, -0.2) is 43.6 Å². The standard InChI is InChI=1S/C21H23NO6/c1-4-22(13-15-5-7-18-19(11-15)27-10-9-26-18)20(23)8-6-16-12-17(14(2)28-16)21(24)25-3/h5-8,11-12H,4,9-10,13H2,1-3H3. The molecule has 1 amide bonds. The van der Waals surface area contributed by atoms with Crippen molar-refractivity contribution < 1.29 is 28.2 Å². The molecule has 1 aliphatic heterocycles. The van der Waals surface area contributed by atoms with Crippen LogP contribution in [-0.2, 0) is 16.1 Å². The molecule has 0 atom stereocenters. The molecule has 0 unspecified atom stereocenters. The van der Waals surface area contributed by atoms with Gasteiger partial charge in [0.05, 0.1) is 7.11 Å². The van der Waals surface area contributed by atoms with Crippen molar-refractivity contribution in [3.63, 3.8) is 0 Å². The van der Waals surface area contributed by atoms with E-state index in [4.69, 9.17) is 18.6 Å². The molecule has 0 aliphatic carbocycles. The second kappa shape index (κ2) is 8.65. The van der Waals surface area contributed by atoms with E-state index in [1.807, 2.05) is 25.1 Å². The molecule has 3 rings (SSSR count). The summed E-state index contributed by atoms with van der Waals surface area (Å²) in [6.45, 7) is 5.64. The van der Waals surface area contributed by atoms with Gasteiger partial charge >= 0.3 is 5.97 Å². The Hall–Kier alpha value is -3.22. The van der Waals surface area contributed by atoms with Crippen LogP contribution in [0.25, 0.3) is 6.08 Å². The smallest absolute Gasteiger partial charge is 0.341 e. The molecule has 7 nitrogen and oxygen atoms in total. The van der Waals surface area contributed by atoms with Crippen molar-refractivity contribution >= 4 is 18.0 Å². The number of likely N-dealkylation sites (N-methyl/N-ethyl adjacent to an activating group) is 1. The molecule has 28 heavy (non-hydrogen) atoms. The zero-order valence-electron chi connectivity index (χ0n) is 16.2. The van der Waals surface area contributed by atoms with Crippen LogP contribution in [0.3, 0.4) is 0 Å². The molecule has 1 aromatic carbocycles. The summed E-state index contributed by atoms with van der Waals surface area (Å²) in [7, 11) is 1.31. The number of ether oxygens (including phenoxy) is 3. The van der Waals surface area contributed by atoms with E-state index in [0.29, 0.717) is 49.1 Å². The summed E-state index contributed by atoms with van der Waals surface area (Å²) in [4.78, 5) is 25.9. The number of hydrogen-bond donors (Lipinski definition) is 0. The molecule has 148 valence electrons. The maximum atomic E-state index is 12.6. The highest BCUT2D eigenvalue weighted by Gasteiger charge is 2.16. The first kappa shape index (κ1) is 19.5. The van der Waals surface area contributed by atoms with Crippen molar-refractivity contribution in [3.8, 4) is 11.5 Å². The lowest BCUT2D eigenvalue weighted by Gasteiger charge is -2.22. The fraction of sp³-hybridized carbons (Fsp3) is 0.333. The Labute approximate surface area is 163 Å². The number of carbonyl (C=O) groups excluding carboxylic acids is 2. The van der Waals surface area contributed by atoms with E-state index >= 15 is 0 Å². The third-order valence-corrected chi connectivity index (χ3v) is 4.41. The summed E-state index contributed by atoms with van der Waals surface area (Å²) >= 11 is 0. The summed E-state index contributed by atoms with van der Waals surface area (Å²) in [5.74, 6) is 1.65. The van der Waals surface area contributed by atoms with Gasteiger partial charge in [-0.3, -0.25) is 4.79 Å². The van der Waals surface area contributed by atoms with Crippen molar-refractivity contribution in [2.45, 2.75) is 20.4 Å². The SMILES string of the molecule is CCN(Cc1ccc2c(c1)OCCO2)C(=O)C=Cc1cc(C(=O)OC)c(C)o1. The van der Waals surface area contributed by atoms with E-state index in [1.165, 1.54) is 13.2 Å². The van der Waals surface area contributed by atoms with Crippen LogP contribution < -0.4 is 9.47 Å². The Morgan fingerprint density at radius 1 is 1.18 bits per heavy atom. The van der Waals surface area contributed by atoms with E-state index in [9.17, 15) is 9.59 Å². The lowest BCUT2D eigenvalue weighted by Crippen LogP contribution is -2.28. The second-order valence-electron chi connectivity index (χ2n) is 6.27. The van der Waals surface area contributed by atoms with E-state index < -0.39 is 5.97 Å². The van der Waals surface area contributed by atoms with E-state index in [-0.39, 0.29) is 5.91 Å². The predicted molar refractivity (Wildman–Crippen MR) is 102 cm³/mol. The van der Waals surface area contributed by atoms with Gasteiger partial charge in [0, 0.05) is 19.2 Å². The molecule has 0 spiro atoms. The number of fused-ring (bicyclic) bond motifs is 1. The van der Waals surface area contributed by atoms with Gasteiger partial charge in [-0.05, 0) is 43.7 Å². The quantitative estimate of drug-likeness (QED) is 0.561. The Kier molecular flexibility index (Phi) is 6.03. The first-order valence-corrected chi connectivity index (χ1v) is 9.06. The number of carbonyl (C=O) groups is 2. The van der Waals surface area contributed by atoms with Crippen molar-refractivity contribution in [1.82, 2.24) is 4.90 Å². The Morgan fingerprint density at radius 2 is 1.93 bits per heavy atom. The van der Waals surface area contributed by atoms with Gasteiger partial charge in [0.25, 0.3) is 0 Å². The maximum Gasteiger partial charge on any atom is 0.341 e. The summed E-state index contributed by atoms with van der Waals surface area (Å²) in [5, 5.41) is 0. The molecule has 0 N–H and O–H groups in total. The van der Waals surface area contributed by atoms with Crippen molar-refractivity contribution in [2.24, 2.45) is 0 Å². The van der Waals surface area contributed by atoms with Gasteiger partial charge in [-0.1, -0.05) is 6.07 Å². The predicted octanol–water partition coefficient (Wildman–Crippen LogP) is 3.21. The van der Waals surface area contributed by atoms with Crippen molar-refractivity contribution in [3.05, 3.63) is 53.0 Å². The number of rotatable bonds is 6. The molecule has 0 saturated carbocycles. The van der Waals surface area contributed by atoms with Crippen molar-refractivity contribution in [1.29, 1.82) is 0 Å². The number of esters is 1. The lowest BCUT2D eigenvalue weighted by molar-refractivity contribution is -0.126. The molecule has 2 heterocycles. The molecule has 1 aromatic heterocycles. The average molecular weight is 385 g/mol. The van der Waals surface area contributed by atoms with Crippen LogP contribution in [0, 0.1) is 6.92 Å². The van der Waals surface area contributed by atoms with Crippen LogP contribution in [0.5, 0.6) is 11.5 Å². The molecule has 7 heteroatoms. The molecule has 1 aliphatic rings. The first-order valence-electron chi connectivity index (χ1n) is 9.06. The van der Waals surface area contributed by atoms with Crippen LogP contribution in [0.15, 0.2) is 34.8 Å². The van der Waals surface area contributed by atoms with Gasteiger partial charge in [0.2, 0.25) is 5.91 Å². The summed E-state index contributed by atoms with van der Waals surface area (Å²) in [6, 6.07) is 7.23. The largest absolute Gasteiger partial charge is 0.486 e. The summed E-state index contributed by atoms with van der Waals surface area (Å²) in [6.07, 6.45) is 2.98.